The summed E-state index contributed by atoms with van der Waals surface area (Å²) in [7, 11) is 0. The van der Waals surface area contributed by atoms with Crippen molar-refractivity contribution in [2.24, 2.45) is 5.92 Å². The van der Waals surface area contributed by atoms with Gasteiger partial charge in [-0.25, -0.2) is 4.98 Å². The zero-order valence-electron chi connectivity index (χ0n) is 13.2. The lowest BCUT2D eigenvalue weighted by Gasteiger charge is -2.09. The van der Waals surface area contributed by atoms with Crippen molar-refractivity contribution in [3.05, 3.63) is 78.6 Å². The van der Waals surface area contributed by atoms with E-state index in [4.69, 9.17) is 0 Å². The van der Waals surface area contributed by atoms with E-state index in [1.165, 1.54) is 0 Å². The SMILES string of the molecule is O=C(NCc1nccn1-c1ccccc1)[C@H]1C[C@@H]1c1cccnc1. The van der Waals surface area contributed by atoms with Gasteiger partial charge in [-0.2, -0.15) is 0 Å². The van der Waals surface area contributed by atoms with Crippen LogP contribution in [0.4, 0.5) is 0 Å². The van der Waals surface area contributed by atoms with Gasteiger partial charge in [0.05, 0.1) is 6.54 Å². The average Bonchev–Trinajstić information content (AvgIpc) is 3.31. The Bertz CT molecular complexity index is 829. The van der Waals surface area contributed by atoms with Gasteiger partial charge in [0, 0.05) is 36.4 Å². The van der Waals surface area contributed by atoms with Crippen molar-refractivity contribution in [3.63, 3.8) is 0 Å². The average molecular weight is 318 g/mol. The first kappa shape index (κ1) is 14.6. The van der Waals surface area contributed by atoms with Crippen LogP contribution < -0.4 is 5.32 Å². The van der Waals surface area contributed by atoms with Crippen molar-refractivity contribution < 1.29 is 4.79 Å². The molecular weight excluding hydrogens is 300 g/mol. The van der Waals surface area contributed by atoms with E-state index in [-0.39, 0.29) is 11.8 Å². The number of aromatic nitrogens is 3. The fourth-order valence-electron chi connectivity index (χ4n) is 3.03. The molecule has 1 aliphatic rings. The highest BCUT2D eigenvalue weighted by molar-refractivity contribution is 5.82. The summed E-state index contributed by atoms with van der Waals surface area (Å²) in [6.45, 7) is 0.428. The number of hydrogen-bond acceptors (Lipinski definition) is 3. The number of carbonyl (C=O) groups is 1. The fourth-order valence-corrected chi connectivity index (χ4v) is 3.03. The van der Waals surface area contributed by atoms with E-state index >= 15 is 0 Å². The van der Waals surface area contributed by atoms with Crippen molar-refractivity contribution in [1.82, 2.24) is 19.9 Å². The Morgan fingerprint density at radius 3 is 2.83 bits per heavy atom. The molecule has 1 fully saturated rings. The summed E-state index contributed by atoms with van der Waals surface area (Å²) in [4.78, 5) is 20.8. The first-order valence-corrected chi connectivity index (χ1v) is 8.08. The highest BCUT2D eigenvalue weighted by Gasteiger charge is 2.43. The van der Waals surface area contributed by atoms with E-state index in [0.717, 1.165) is 23.5 Å². The van der Waals surface area contributed by atoms with Crippen LogP contribution in [0.3, 0.4) is 0 Å². The van der Waals surface area contributed by atoms with Gasteiger partial charge in [-0.05, 0) is 36.1 Å². The van der Waals surface area contributed by atoms with Gasteiger partial charge >= 0.3 is 0 Å². The van der Waals surface area contributed by atoms with Gasteiger partial charge in [0.25, 0.3) is 0 Å². The molecule has 2 heterocycles. The molecule has 3 aromatic rings. The Morgan fingerprint density at radius 2 is 2.04 bits per heavy atom. The van der Waals surface area contributed by atoms with Crippen LogP contribution >= 0.6 is 0 Å². The van der Waals surface area contributed by atoms with E-state index in [2.05, 4.69) is 15.3 Å². The van der Waals surface area contributed by atoms with Crippen molar-refractivity contribution in [3.8, 4) is 5.69 Å². The van der Waals surface area contributed by atoms with Gasteiger partial charge in [0.15, 0.2) is 0 Å². The molecule has 5 heteroatoms. The molecule has 5 nitrogen and oxygen atoms in total. The standard InChI is InChI=1S/C19H18N4O/c24-19(17-11-16(17)14-5-4-8-20-12-14)22-13-18-21-9-10-23(18)15-6-2-1-3-7-15/h1-10,12,16-17H,11,13H2,(H,22,24)/t16-,17+/m1/s1. The van der Waals surface area contributed by atoms with E-state index in [1.807, 2.05) is 59.4 Å². The van der Waals surface area contributed by atoms with Crippen LogP contribution in [0.25, 0.3) is 5.69 Å². The van der Waals surface area contributed by atoms with Crippen LogP contribution in [0, 0.1) is 5.92 Å². The molecule has 1 aliphatic carbocycles. The molecule has 1 saturated carbocycles. The minimum absolute atomic E-state index is 0.0503. The van der Waals surface area contributed by atoms with Gasteiger partial charge in [-0.15, -0.1) is 0 Å². The van der Waals surface area contributed by atoms with Crippen molar-refractivity contribution >= 4 is 5.91 Å². The van der Waals surface area contributed by atoms with Gasteiger partial charge in [-0.1, -0.05) is 24.3 Å². The van der Waals surface area contributed by atoms with Crippen LogP contribution in [0.5, 0.6) is 0 Å². The zero-order chi connectivity index (χ0) is 16.4. The first-order chi connectivity index (χ1) is 11.8. The van der Waals surface area contributed by atoms with E-state index < -0.39 is 0 Å². The topological polar surface area (TPSA) is 59.8 Å². The predicted molar refractivity (Wildman–Crippen MR) is 90.5 cm³/mol. The van der Waals surface area contributed by atoms with Crippen LogP contribution in [0.1, 0.15) is 23.7 Å². The van der Waals surface area contributed by atoms with Crippen molar-refractivity contribution in [2.75, 3.05) is 0 Å². The Kier molecular flexibility index (Phi) is 3.83. The number of rotatable bonds is 5. The molecule has 1 N–H and O–H groups in total. The third kappa shape index (κ3) is 2.93. The number of amides is 1. The highest BCUT2D eigenvalue weighted by atomic mass is 16.2. The summed E-state index contributed by atoms with van der Waals surface area (Å²) >= 11 is 0. The number of hydrogen-bond donors (Lipinski definition) is 1. The number of imidazole rings is 1. The van der Waals surface area contributed by atoms with Crippen molar-refractivity contribution in [2.45, 2.75) is 18.9 Å². The molecule has 24 heavy (non-hydrogen) atoms. The van der Waals surface area contributed by atoms with E-state index in [1.54, 1.807) is 12.4 Å². The van der Waals surface area contributed by atoms with E-state index in [9.17, 15) is 4.79 Å². The lowest BCUT2D eigenvalue weighted by atomic mass is 10.1. The molecule has 0 spiro atoms. The molecule has 2 aromatic heterocycles. The summed E-state index contributed by atoms with van der Waals surface area (Å²) in [5, 5.41) is 3.01. The number of benzene rings is 1. The van der Waals surface area contributed by atoms with Gasteiger partial charge in [-0.3, -0.25) is 9.78 Å². The third-order valence-electron chi connectivity index (χ3n) is 4.41. The maximum atomic E-state index is 12.4. The molecule has 0 saturated heterocycles. The maximum absolute atomic E-state index is 12.4. The Balaban J connectivity index is 1.39. The lowest BCUT2D eigenvalue weighted by molar-refractivity contribution is -0.122. The number of nitrogens with zero attached hydrogens (tertiary/aromatic N) is 3. The second kappa shape index (κ2) is 6.28. The first-order valence-electron chi connectivity index (χ1n) is 8.08. The monoisotopic (exact) mass is 318 g/mol. The van der Waals surface area contributed by atoms with Crippen LogP contribution in [-0.2, 0) is 11.3 Å². The summed E-state index contributed by atoms with van der Waals surface area (Å²) in [5.41, 5.74) is 2.18. The maximum Gasteiger partial charge on any atom is 0.224 e. The minimum atomic E-state index is 0.0503. The van der Waals surface area contributed by atoms with Crippen LogP contribution in [0.15, 0.2) is 67.3 Å². The fraction of sp³-hybridized carbons (Fsp3) is 0.211. The largest absolute Gasteiger partial charge is 0.349 e. The highest BCUT2D eigenvalue weighted by Crippen LogP contribution is 2.47. The Morgan fingerprint density at radius 1 is 1.17 bits per heavy atom. The van der Waals surface area contributed by atoms with Crippen LogP contribution in [0.2, 0.25) is 0 Å². The normalized spacial score (nSPS) is 19.0. The Labute approximate surface area is 140 Å². The minimum Gasteiger partial charge on any atom is -0.349 e. The third-order valence-corrected chi connectivity index (χ3v) is 4.41. The molecule has 2 atom stereocenters. The number of pyridine rings is 1. The molecule has 0 aliphatic heterocycles. The van der Waals surface area contributed by atoms with Gasteiger partial charge < -0.3 is 9.88 Å². The second-order valence-electron chi connectivity index (χ2n) is 6.00. The summed E-state index contributed by atoms with van der Waals surface area (Å²) in [6, 6.07) is 13.9. The molecule has 120 valence electrons. The number of carbonyl (C=O) groups excluding carboxylic acids is 1. The molecule has 4 rings (SSSR count). The number of para-hydroxylation sites is 1. The summed E-state index contributed by atoms with van der Waals surface area (Å²) in [6.07, 6.45) is 8.16. The summed E-state index contributed by atoms with van der Waals surface area (Å²) < 4.78 is 1.99. The molecular formula is C19H18N4O. The van der Waals surface area contributed by atoms with Gasteiger partial charge in [0.1, 0.15) is 5.82 Å². The predicted octanol–water partition coefficient (Wildman–Crippen LogP) is 2.69. The number of nitrogens with one attached hydrogen (secondary N) is 1. The van der Waals surface area contributed by atoms with E-state index in [0.29, 0.717) is 12.5 Å². The molecule has 1 aromatic carbocycles. The molecule has 0 unspecified atom stereocenters. The van der Waals surface area contributed by atoms with Crippen LogP contribution in [-0.4, -0.2) is 20.4 Å². The Hall–Kier alpha value is -2.95. The zero-order valence-corrected chi connectivity index (χ0v) is 13.2. The molecule has 0 radical (unpaired) electrons. The molecule has 1 amide bonds. The summed E-state index contributed by atoms with van der Waals surface area (Å²) in [5.74, 6) is 1.27. The van der Waals surface area contributed by atoms with Crippen molar-refractivity contribution in [1.29, 1.82) is 0 Å². The van der Waals surface area contributed by atoms with Gasteiger partial charge in [0.2, 0.25) is 5.91 Å². The lowest BCUT2D eigenvalue weighted by Crippen LogP contribution is -2.26. The smallest absolute Gasteiger partial charge is 0.224 e. The molecule has 0 bridgehead atoms. The quantitative estimate of drug-likeness (QED) is 0.787. The second-order valence-corrected chi connectivity index (χ2v) is 6.00.